The number of aryl methyl sites for hydroxylation is 1. The summed E-state index contributed by atoms with van der Waals surface area (Å²) in [7, 11) is 0. The Morgan fingerprint density at radius 1 is 1.48 bits per heavy atom. The van der Waals surface area contributed by atoms with Crippen LogP contribution < -0.4 is 0 Å². The fourth-order valence-electron chi connectivity index (χ4n) is 3.95. The average Bonchev–Trinajstić information content (AvgIpc) is 3.03. The largest absolute Gasteiger partial charge is 0.465 e. The van der Waals surface area contributed by atoms with Crippen molar-refractivity contribution in [3.63, 3.8) is 0 Å². The summed E-state index contributed by atoms with van der Waals surface area (Å²) in [5.74, 6) is -0.0843. The molecule has 2 N–H and O–H groups in total. The lowest BCUT2D eigenvalue weighted by atomic mass is 9.86. The number of nitrogens with zero attached hydrogens (tertiary/aromatic N) is 1. The van der Waals surface area contributed by atoms with Crippen LogP contribution in [-0.2, 0) is 6.42 Å². The van der Waals surface area contributed by atoms with Crippen LogP contribution in [0.25, 0.3) is 10.9 Å². The van der Waals surface area contributed by atoms with E-state index in [0.717, 1.165) is 35.0 Å². The Hall–Kier alpha value is -1.75. The second-order valence-electron chi connectivity index (χ2n) is 8.02. The van der Waals surface area contributed by atoms with Gasteiger partial charge in [0.1, 0.15) is 5.82 Å². The van der Waals surface area contributed by atoms with Gasteiger partial charge in [-0.2, -0.15) is 0 Å². The maximum atomic E-state index is 14.0. The van der Waals surface area contributed by atoms with E-state index in [1.807, 2.05) is 20.8 Å². The second-order valence-corrected chi connectivity index (χ2v) is 8.42. The summed E-state index contributed by atoms with van der Waals surface area (Å²) in [6, 6.07) is 3.13. The molecule has 0 saturated carbocycles. The number of rotatable bonds is 3. The number of carboxylic acid groups (broad SMARTS) is 1. The summed E-state index contributed by atoms with van der Waals surface area (Å²) in [4.78, 5) is 16.5. The third-order valence-corrected chi connectivity index (χ3v) is 5.53. The predicted molar refractivity (Wildman–Crippen MR) is 98.0 cm³/mol. The van der Waals surface area contributed by atoms with Crippen LogP contribution in [0, 0.1) is 11.7 Å². The first-order valence-corrected chi connectivity index (χ1v) is 8.97. The molecule has 0 fully saturated rings. The normalized spacial score (nSPS) is 18.4. The highest BCUT2D eigenvalue weighted by Gasteiger charge is 2.35. The summed E-state index contributed by atoms with van der Waals surface area (Å²) in [5.41, 5.74) is 2.63. The topological polar surface area (TPSA) is 56.3 Å². The van der Waals surface area contributed by atoms with Gasteiger partial charge in [0.05, 0.1) is 5.02 Å². The van der Waals surface area contributed by atoms with E-state index in [-0.39, 0.29) is 16.9 Å². The summed E-state index contributed by atoms with van der Waals surface area (Å²) in [6.45, 7) is 8.23. The van der Waals surface area contributed by atoms with Gasteiger partial charge in [0.2, 0.25) is 0 Å². The molecule has 0 bridgehead atoms. The van der Waals surface area contributed by atoms with Gasteiger partial charge in [-0.3, -0.25) is 0 Å². The first-order valence-electron chi connectivity index (χ1n) is 8.59. The van der Waals surface area contributed by atoms with E-state index in [1.54, 1.807) is 6.07 Å². The zero-order valence-corrected chi connectivity index (χ0v) is 15.7. The third kappa shape index (κ3) is 3.22. The van der Waals surface area contributed by atoms with Crippen molar-refractivity contribution < 1.29 is 14.3 Å². The minimum absolute atomic E-state index is 0.113. The Balaban J connectivity index is 1.94. The number of halogens is 2. The molecule has 0 saturated heterocycles. The van der Waals surface area contributed by atoms with Gasteiger partial charge in [-0.05, 0) is 63.1 Å². The number of H-pyrrole nitrogens is 1. The Labute approximate surface area is 152 Å². The molecule has 2 aromatic rings. The number of nitrogens with one attached hydrogen (secondary N) is 1. The Morgan fingerprint density at radius 3 is 2.76 bits per heavy atom. The minimum atomic E-state index is -0.908. The summed E-state index contributed by atoms with van der Waals surface area (Å²) >= 11 is 5.90. The average molecular weight is 367 g/mol. The molecule has 1 heterocycles. The van der Waals surface area contributed by atoms with E-state index in [0.29, 0.717) is 6.54 Å². The van der Waals surface area contributed by atoms with Gasteiger partial charge >= 0.3 is 6.09 Å². The van der Waals surface area contributed by atoms with Gasteiger partial charge in [-0.25, -0.2) is 9.18 Å². The molecule has 4 nitrogen and oxygen atoms in total. The lowest BCUT2D eigenvalue weighted by Crippen LogP contribution is -2.47. The number of amides is 1. The van der Waals surface area contributed by atoms with E-state index in [2.05, 4.69) is 11.9 Å². The lowest BCUT2D eigenvalue weighted by Gasteiger charge is -2.36. The van der Waals surface area contributed by atoms with E-state index in [4.69, 9.17) is 11.6 Å². The number of hydrogen-bond acceptors (Lipinski definition) is 1. The number of carbonyl (C=O) groups is 1. The van der Waals surface area contributed by atoms with Gasteiger partial charge in [-0.15, -0.1) is 0 Å². The highest BCUT2D eigenvalue weighted by molar-refractivity contribution is 6.31. The molecule has 1 amide bonds. The first kappa shape index (κ1) is 18.1. The van der Waals surface area contributed by atoms with E-state index < -0.39 is 17.4 Å². The van der Waals surface area contributed by atoms with Crippen LogP contribution >= 0.6 is 11.6 Å². The van der Waals surface area contributed by atoms with Crippen molar-refractivity contribution in [2.24, 2.45) is 5.92 Å². The Bertz CT molecular complexity index is 825. The van der Waals surface area contributed by atoms with Crippen LogP contribution in [0.4, 0.5) is 9.18 Å². The SMILES string of the molecule is CC(CN(C(=O)O)C(C)(C)C)C1CCc2[nH]c3cc(Cl)c(F)cc3c21. The molecule has 136 valence electrons. The quantitative estimate of drug-likeness (QED) is 0.763. The maximum Gasteiger partial charge on any atom is 0.407 e. The highest BCUT2D eigenvalue weighted by Crippen LogP contribution is 2.44. The molecule has 0 radical (unpaired) electrons. The zero-order chi connectivity index (χ0) is 18.5. The minimum Gasteiger partial charge on any atom is -0.465 e. The lowest BCUT2D eigenvalue weighted by molar-refractivity contribution is 0.0873. The van der Waals surface area contributed by atoms with Crippen LogP contribution in [0.5, 0.6) is 0 Å². The molecule has 1 aromatic carbocycles. The third-order valence-electron chi connectivity index (χ3n) is 5.24. The molecule has 6 heteroatoms. The molecular weight excluding hydrogens is 343 g/mol. The Kier molecular flexibility index (Phi) is 4.48. The van der Waals surface area contributed by atoms with Crippen LogP contribution in [-0.4, -0.2) is 33.2 Å². The summed E-state index contributed by atoms with van der Waals surface area (Å²) in [6.07, 6.45) is 0.926. The van der Waals surface area contributed by atoms with Gasteiger partial charge in [0.25, 0.3) is 0 Å². The molecule has 0 aliphatic heterocycles. The fraction of sp³-hybridized carbons (Fsp3) is 0.526. The van der Waals surface area contributed by atoms with Crippen molar-refractivity contribution in [1.82, 2.24) is 9.88 Å². The summed E-state index contributed by atoms with van der Waals surface area (Å²) < 4.78 is 14.0. The fourth-order valence-corrected chi connectivity index (χ4v) is 4.12. The maximum absolute atomic E-state index is 14.0. The van der Waals surface area contributed by atoms with Gasteiger partial charge in [0.15, 0.2) is 0 Å². The molecule has 1 aromatic heterocycles. The first-order chi connectivity index (χ1) is 11.6. The molecule has 2 unspecified atom stereocenters. The highest BCUT2D eigenvalue weighted by atomic mass is 35.5. The van der Waals surface area contributed by atoms with E-state index in [1.165, 1.54) is 11.0 Å². The number of fused-ring (bicyclic) bond motifs is 3. The van der Waals surface area contributed by atoms with Crippen molar-refractivity contribution in [3.8, 4) is 0 Å². The van der Waals surface area contributed by atoms with Crippen molar-refractivity contribution in [2.45, 2.75) is 52.0 Å². The standard InChI is InChI=1S/C19H24ClFN2O2/c1-10(9-23(18(24)25)19(2,3)4)11-5-6-15-17(11)12-7-14(21)13(20)8-16(12)22-15/h7-8,10-11,22H,5-6,9H2,1-4H3,(H,24,25). The number of hydrogen-bond donors (Lipinski definition) is 2. The monoisotopic (exact) mass is 366 g/mol. The van der Waals surface area contributed by atoms with Crippen LogP contribution in [0.2, 0.25) is 5.02 Å². The van der Waals surface area contributed by atoms with Crippen LogP contribution in [0.1, 0.15) is 51.3 Å². The van der Waals surface area contributed by atoms with Gasteiger partial charge in [-0.1, -0.05) is 18.5 Å². The molecule has 0 spiro atoms. The van der Waals surface area contributed by atoms with Crippen molar-refractivity contribution in [1.29, 1.82) is 0 Å². The Morgan fingerprint density at radius 2 is 2.16 bits per heavy atom. The number of aromatic amines is 1. The van der Waals surface area contributed by atoms with Crippen molar-refractivity contribution in [2.75, 3.05) is 6.54 Å². The molecule has 3 rings (SSSR count). The van der Waals surface area contributed by atoms with Crippen molar-refractivity contribution >= 4 is 28.6 Å². The van der Waals surface area contributed by atoms with Gasteiger partial charge < -0.3 is 15.0 Å². The molecular formula is C19H24ClFN2O2. The van der Waals surface area contributed by atoms with Gasteiger partial charge in [0, 0.05) is 28.7 Å². The molecule has 1 aliphatic rings. The van der Waals surface area contributed by atoms with E-state index in [9.17, 15) is 14.3 Å². The zero-order valence-electron chi connectivity index (χ0n) is 15.0. The van der Waals surface area contributed by atoms with Crippen LogP contribution in [0.3, 0.4) is 0 Å². The molecule has 1 aliphatic carbocycles. The predicted octanol–water partition coefficient (Wildman–Crippen LogP) is 5.40. The van der Waals surface area contributed by atoms with Crippen molar-refractivity contribution in [3.05, 3.63) is 34.2 Å². The van der Waals surface area contributed by atoms with Crippen LogP contribution in [0.15, 0.2) is 12.1 Å². The second kappa shape index (κ2) is 6.20. The summed E-state index contributed by atoms with van der Waals surface area (Å²) in [5, 5.41) is 10.5. The smallest absolute Gasteiger partial charge is 0.407 e. The molecule has 25 heavy (non-hydrogen) atoms. The molecule has 2 atom stereocenters. The van der Waals surface area contributed by atoms with E-state index >= 15 is 0 Å². The number of benzene rings is 1. The number of aromatic nitrogens is 1.